The van der Waals surface area contributed by atoms with Gasteiger partial charge in [0.1, 0.15) is 5.82 Å². The summed E-state index contributed by atoms with van der Waals surface area (Å²) in [4.78, 5) is 26.5. The van der Waals surface area contributed by atoms with Crippen molar-refractivity contribution in [2.24, 2.45) is 5.92 Å². The van der Waals surface area contributed by atoms with Crippen LogP contribution in [0.4, 0.5) is 14.9 Å². The Balaban J connectivity index is 1.22. The molecule has 1 aliphatic heterocycles. The fraction of sp³-hybridized carbons (Fsp3) is 0.261. The first-order valence-electron chi connectivity index (χ1n) is 10.2. The molecular formula is C23H23FN4O3. The minimum absolute atomic E-state index is 0.204. The molecular weight excluding hydrogens is 399 g/mol. The van der Waals surface area contributed by atoms with E-state index in [1.54, 1.807) is 11.0 Å². The number of piperidine rings is 1. The van der Waals surface area contributed by atoms with E-state index in [1.165, 1.54) is 24.3 Å². The zero-order chi connectivity index (χ0) is 21.6. The maximum atomic E-state index is 13.0. The third-order valence-corrected chi connectivity index (χ3v) is 5.35. The molecule has 1 fully saturated rings. The van der Waals surface area contributed by atoms with Crippen LogP contribution in [0.25, 0.3) is 11.3 Å². The Kier molecular flexibility index (Phi) is 6.26. The van der Waals surface area contributed by atoms with Gasteiger partial charge in [0.05, 0.1) is 0 Å². The van der Waals surface area contributed by atoms with Crippen molar-refractivity contribution in [1.82, 2.24) is 15.4 Å². The number of amides is 3. The van der Waals surface area contributed by atoms with E-state index >= 15 is 0 Å². The lowest BCUT2D eigenvalue weighted by molar-refractivity contribution is 0.0930. The Bertz CT molecular complexity index is 1030. The molecule has 160 valence electrons. The lowest BCUT2D eigenvalue weighted by atomic mass is 9.97. The molecule has 2 aromatic carbocycles. The van der Waals surface area contributed by atoms with Crippen LogP contribution in [-0.4, -0.2) is 41.6 Å². The quantitative estimate of drug-likeness (QED) is 0.647. The number of aromatic nitrogens is 1. The summed E-state index contributed by atoms with van der Waals surface area (Å²) in [6.45, 7) is 1.70. The highest BCUT2D eigenvalue weighted by atomic mass is 19.1. The molecule has 0 saturated carbocycles. The molecule has 31 heavy (non-hydrogen) atoms. The van der Waals surface area contributed by atoms with Crippen molar-refractivity contribution in [3.8, 4) is 11.3 Å². The van der Waals surface area contributed by atoms with Crippen LogP contribution in [-0.2, 0) is 0 Å². The summed E-state index contributed by atoms with van der Waals surface area (Å²) in [5.74, 6) is 0.204. The number of urea groups is 1. The van der Waals surface area contributed by atoms with E-state index in [0.717, 1.165) is 18.4 Å². The van der Waals surface area contributed by atoms with Crippen molar-refractivity contribution in [1.29, 1.82) is 0 Å². The lowest BCUT2D eigenvalue weighted by Gasteiger charge is -2.32. The molecule has 0 radical (unpaired) electrons. The molecule has 0 aliphatic carbocycles. The van der Waals surface area contributed by atoms with Gasteiger partial charge >= 0.3 is 6.03 Å². The van der Waals surface area contributed by atoms with Crippen molar-refractivity contribution >= 4 is 17.6 Å². The van der Waals surface area contributed by atoms with E-state index < -0.39 is 0 Å². The second-order valence-corrected chi connectivity index (χ2v) is 7.52. The van der Waals surface area contributed by atoms with Crippen LogP contribution in [0.3, 0.4) is 0 Å². The molecule has 1 aliphatic rings. The van der Waals surface area contributed by atoms with Gasteiger partial charge in [-0.2, -0.15) is 0 Å². The topological polar surface area (TPSA) is 87.5 Å². The first-order chi connectivity index (χ1) is 15.1. The molecule has 2 N–H and O–H groups in total. The summed E-state index contributed by atoms with van der Waals surface area (Å²) in [5.41, 5.74) is 1.67. The second-order valence-electron chi connectivity index (χ2n) is 7.52. The number of carbonyl (C=O) groups excluding carboxylic acids is 2. The second kappa shape index (κ2) is 9.42. The summed E-state index contributed by atoms with van der Waals surface area (Å²) in [6.07, 6.45) is 1.57. The first kappa shape index (κ1) is 20.6. The summed E-state index contributed by atoms with van der Waals surface area (Å²) in [7, 11) is 0. The Hall–Kier alpha value is -3.68. The molecule has 1 saturated heterocycles. The molecule has 0 unspecified atom stereocenters. The van der Waals surface area contributed by atoms with Gasteiger partial charge in [0.15, 0.2) is 11.5 Å². The Morgan fingerprint density at radius 3 is 2.48 bits per heavy atom. The molecule has 0 spiro atoms. The van der Waals surface area contributed by atoms with Crippen LogP contribution in [0, 0.1) is 11.7 Å². The van der Waals surface area contributed by atoms with Gasteiger partial charge in [-0.25, -0.2) is 9.18 Å². The largest absolute Gasteiger partial charge is 0.355 e. The van der Waals surface area contributed by atoms with Crippen molar-refractivity contribution in [3.05, 3.63) is 72.2 Å². The number of nitrogens with one attached hydrogen (secondary N) is 2. The zero-order valence-electron chi connectivity index (χ0n) is 16.9. The van der Waals surface area contributed by atoms with E-state index in [4.69, 9.17) is 4.52 Å². The smallest absolute Gasteiger partial charge is 0.321 e. The third-order valence-electron chi connectivity index (χ3n) is 5.35. The van der Waals surface area contributed by atoms with Crippen molar-refractivity contribution in [2.75, 3.05) is 25.0 Å². The number of carbonyl (C=O) groups is 2. The highest BCUT2D eigenvalue weighted by molar-refractivity contribution is 5.93. The number of likely N-dealkylation sites (tertiary alicyclic amines) is 1. The third kappa shape index (κ3) is 5.28. The normalized spacial score (nSPS) is 14.3. The number of nitrogens with zero attached hydrogens (tertiary/aromatic N) is 2. The van der Waals surface area contributed by atoms with Crippen LogP contribution in [0.15, 0.2) is 65.2 Å². The summed E-state index contributed by atoms with van der Waals surface area (Å²) in [5, 5.41) is 9.54. The predicted octanol–water partition coefficient (Wildman–Crippen LogP) is 4.15. The fourth-order valence-corrected chi connectivity index (χ4v) is 3.52. The average molecular weight is 422 g/mol. The van der Waals surface area contributed by atoms with Gasteiger partial charge in [0.2, 0.25) is 0 Å². The van der Waals surface area contributed by atoms with E-state index in [1.807, 2.05) is 30.3 Å². The van der Waals surface area contributed by atoms with Crippen LogP contribution < -0.4 is 10.6 Å². The molecule has 7 nitrogen and oxygen atoms in total. The predicted molar refractivity (Wildman–Crippen MR) is 114 cm³/mol. The summed E-state index contributed by atoms with van der Waals surface area (Å²) in [6, 6.07) is 16.6. The highest BCUT2D eigenvalue weighted by Crippen LogP contribution is 2.21. The number of anilines is 1. The molecule has 4 rings (SSSR count). The first-order valence-corrected chi connectivity index (χ1v) is 10.2. The minimum Gasteiger partial charge on any atom is -0.355 e. The average Bonchev–Trinajstić information content (AvgIpc) is 3.30. The van der Waals surface area contributed by atoms with E-state index in [2.05, 4.69) is 15.8 Å². The number of benzene rings is 2. The van der Waals surface area contributed by atoms with Crippen molar-refractivity contribution in [3.63, 3.8) is 0 Å². The minimum atomic E-state index is -0.345. The molecule has 8 heteroatoms. The van der Waals surface area contributed by atoms with Crippen LogP contribution in [0.5, 0.6) is 0 Å². The van der Waals surface area contributed by atoms with Gasteiger partial charge in [-0.05, 0) is 43.0 Å². The molecule has 1 aromatic heterocycles. The molecule has 2 heterocycles. The van der Waals surface area contributed by atoms with Gasteiger partial charge in [-0.3, -0.25) is 4.79 Å². The molecule has 3 amide bonds. The van der Waals surface area contributed by atoms with E-state index in [0.29, 0.717) is 31.1 Å². The van der Waals surface area contributed by atoms with Gasteiger partial charge < -0.3 is 20.1 Å². The van der Waals surface area contributed by atoms with E-state index in [-0.39, 0.29) is 29.4 Å². The van der Waals surface area contributed by atoms with Crippen molar-refractivity contribution < 1.29 is 18.5 Å². The van der Waals surface area contributed by atoms with Crippen LogP contribution >= 0.6 is 0 Å². The fourth-order valence-electron chi connectivity index (χ4n) is 3.52. The lowest BCUT2D eigenvalue weighted by Crippen LogP contribution is -2.43. The maximum Gasteiger partial charge on any atom is 0.321 e. The standard InChI is InChI=1S/C23H23FN4O3/c24-18-6-8-19(9-7-18)26-23(30)28-12-10-16(11-13-28)15-25-22(29)20-14-21(31-27-20)17-4-2-1-3-5-17/h1-9,14,16H,10-13,15H2,(H,25,29)(H,26,30). The SMILES string of the molecule is O=C(NCC1CCN(C(=O)Nc2ccc(F)cc2)CC1)c1cc(-c2ccccc2)on1. The summed E-state index contributed by atoms with van der Waals surface area (Å²) < 4.78 is 18.3. The number of hydrogen-bond acceptors (Lipinski definition) is 4. The highest BCUT2D eigenvalue weighted by Gasteiger charge is 2.24. The Morgan fingerprint density at radius 2 is 1.77 bits per heavy atom. The zero-order valence-corrected chi connectivity index (χ0v) is 16.9. The van der Waals surface area contributed by atoms with Crippen LogP contribution in [0.2, 0.25) is 0 Å². The summed E-state index contributed by atoms with van der Waals surface area (Å²) >= 11 is 0. The molecule has 0 atom stereocenters. The van der Waals surface area contributed by atoms with E-state index in [9.17, 15) is 14.0 Å². The van der Waals surface area contributed by atoms with Crippen molar-refractivity contribution in [2.45, 2.75) is 12.8 Å². The number of hydrogen-bond donors (Lipinski definition) is 2. The number of halogens is 1. The Morgan fingerprint density at radius 1 is 1.06 bits per heavy atom. The van der Waals surface area contributed by atoms with Gasteiger partial charge in [-0.1, -0.05) is 35.5 Å². The molecule has 3 aromatic rings. The van der Waals surface area contributed by atoms with Gasteiger partial charge in [0, 0.05) is 37.0 Å². The molecule has 0 bridgehead atoms. The van der Waals surface area contributed by atoms with Gasteiger partial charge in [-0.15, -0.1) is 0 Å². The van der Waals surface area contributed by atoms with Gasteiger partial charge in [0.25, 0.3) is 5.91 Å². The van der Waals surface area contributed by atoms with Crippen LogP contribution in [0.1, 0.15) is 23.3 Å². The monoisotopic (exact) mass is 422 g/mol. The Labute approximate surface area is 179 Å². The maximum absolute atomic E-state index is 13.0. The number of rotatable bonds is 5.